The molecule has 1 heterocycles. The highest BCUT2D eigenvalue weighted by atomic mass is 16.2. The van der Waals surface area contributed by atoms with Gasteiger partial charge in [0.25, 0.3) is 0 Å². The summed E-state index contributed by atoms with van der Waals surface area (Å²) in [6.07, 6.45) is 2.61. The number of rotatable bonds is 6. The number of nitrogens with one attached hydrogen (secondary N) is 1. The average molecular weight is 374 g/mol. The number of carbonyl (C=O) groups excluding carboxylic acids is 1. The number of hydrogen-bond donors (Lipinski definition) is 1. The van der Waals surface area contributed by atoms with Crippen LogP contribution in [0.3, 0.4) is 0 Å². The van der Waals surface area contributed by atoms with Gasteiger partial charge in [0.15, 0.2) is 0 Å². The molecule has 0 bridgehead atoms. The molecule has 1 saturated heterocycles. The third kappa shape index (κ3) is 4.52. The molecule has 0 radical (unpaired) electrons. The van der Waals surface area contributed by atoms with Crippen LogP contribution < -0.4 is 10.2 Å². The van der Waals surface area contributed by atoms with Crippen LogP contribution in [0.25, 0.3) is 10.8 Å². The highest BCUT2D eigenvalue weighted by molar-refractivity contribution is 5.94. The molecule has 0 aliphatic carbocycles. The van der Waals surface area contributed by atoms with Gasteiger partial charge in [0.05, 0.1) is 6.54 Å². The van der Waals surface area contributed by atoms with Crippen LogP contribution in [-0.4, -0.2) is 37.5 Å². The van der Waals surface area contributed by atoms with Crippen molar-refractivity contribution in [2.24, 2.45) is 0 Å². The highest BCUT2D eigenvalue weighted by Gasteiger charge is 2.12. The molecule has 3 aromatic rings. The van der Waals surface area contributed by atoms with Crippen LogP contribution in [0.5, 0.6) is 0 Å². The molecule has 1 amide bonds. The molecule has 4 rings (SSSR count). The minimum absolute atomic E-state index is 0.0112. The smallest absolute Gasteiger partial charge is 0.243 e. The van der Waals surface area contributed by atoms with Crippen molar-refractivity contribution < 1.29 is 4.79 Å². The number of likely N-dealkylation sites (tertiary alicyclic amines) is 1. The number of nitrogens with zero attached hydrogens (tertiary/aromatic N) is 2. The number of carbonyl (C=O) groups is 1. The Kier molecular flexibility index (Phi) is 5.58. The van der Waals surface area contributed by atoms with Crippen molar-refractivity contribution in [1.82, 2.24) is 4.90 Å². The van der Waals surface area contributed by atoms with Gasteiger partial charge < -0.3 is 10.2 Å². The Balaban J connectivity index is 1.33. The molecule has 1 aliphatic rings. The lowest BCUT2D eigenvalue weighted by Crippen LogP contribution is -2.30. The summed E-state index contributed by atoms with van der Waals surface area (Å²) in [7, 11) is 1.95. The summed E-state index contributed by atoms with van der Waals surface area (Å²) in [6.45, 7) is 3.70. The number of anilines is 2. The third-order valence-electron chi connectivity index (χ3n) is 5.40. The first kappa shape index (κ1) is 18.5. The van der Waals surface area contributed by atoms with Crippen molar-refractivity contribution in [2.75, 3.05) is 36.9 Å². The topological polar surface area (TPSA) is 35.6 Å². The first-order valence-corrected chi connectivity index (χ1v) is 9.98. The molecule has 0 unspecified atom stereocenters. The van der Waals surface area contributed by atoms with Gasteiger partial charge in [-0.25, -0.2) is 0 Å². The van der Waals surface area contributed by atoms with E-state index < -0.39 is 0 Å². The standard InChI is InChI=1S/C24H27N3O/c1-26(23-13-10-20-6-2-3-7-21(20)16-23)18-24(28)25-22-11-8-19(9-12-22)17-27-14-4-5-15-27/h2-3,6-13,16H,4-5,14-15,17-18H2,1H3,(H,25,28). The van der Waals surface area contributed by atoms with Crippen molar-refractivity contribution in [3.05, 3.63) is 72.3 Å². The molecule has 1 fully saturated rings. The van der Waals surface area contributed by atoms with Gasteiger partial charge in [0.2, 0.25) is 5.91 Å². The molecule has 0 saturated carbocycles. The molecule has 0 aromatic heterocycles. The maximum Gasteiger partial charge on any atom is 0.243 e. The lowest BCUT2D eigenvalue weighted by molar-refractivity contribution is -0.114. The van der Waals surface area contributed by atoms with Crippen LogP contribution in [0.4, 0.5) is 11.4 Å². The molecular formula is C24H27N3O. The summed E-state index contributed by atoms with van der Waals surface area (Å²) in [5.74, 6) is -0.0112. The fraction of sp³-hybridized carbons (Fsp3) is 0.292. The van der Waals surface area contributed by atoms with Crippen molar-refractivity contribution in [3.8, 4) is 0 Å². The molecule has 0 atom stereocenters. The first-order chi connectivity index (χ1) is 13.7. The Morgan fingerprint density at radius 1 is 0.964 bits per heavy atom. The van der Waals surface area contributed by atoms with E-state index in [2.05, 4.69) is 52.7 Å². The monoisotopic (exact) mass is 373 g/mol. The van der Waals surface area contributed by atoms with E-state index in [1.54, 1.807) is 0 Å². The van der Waals surface area contributed by atoms with E-state index in [-0.39, 0.29) is 5.91 Å². The van der Waals surface area contributed by atoms with Crippen molar-refractivity contribution in [3.63, 3.8) is 0 Å². The fourth-order valence-electron chi connectivity index (χ4n) is 3.81. The predicted molar refractivity (Wildman–Crippen MR) is 117 cm³/mol. The van der Waals surface area contributed by atoms with E-state index in [4.69, 9.17) is 0 Å². The van der Waals surface area contributed by atoms with Gasteiger partial charge in [-0.15, -0.1) is 0 Å². The molecule has 3 aromatic carbocycles. The van der Waals surface area contributed by atoms with Crippen LogP contribution in [0.1, 0.15) is 18.4 Å². The Bertz CT molecular complexity index is 945. The first-order valence-electron chi connectivity index (χ1n) is 9.98. The predicted octanol–water partition coefficient (Wildman–Crippen LogP) is 4.51. The van der Waals surface area contributed by atoms with Crippen LogP contribution in [0.2, 0.25) is 0 Å². The zero-order valence-electron chi connectivity index (χ0n) is 16.4. The van der Waals surface area contributed by atoms with E-state index in [9.17, 15) is 4.79 Å². The molecule has 4 heteroatoms. The van der Waals surface area contributed by atoms with Gasteiger partial charge >= 0.3 is 0 Å². The third-order valence-corrected chi connectivity index (χ3v) is 5.40. The van der Waals surface area contributed by atoms with E-state index in [0.717, 1.165) is 17.9 Å². The van der Waals surface area contributed by atoms with Gasteiger partial charge in [-0.2, -0.15) is 0 Å². The molecule has 1 N–H and O–H groups in total. The second-order valence-electron chi connectivity index (χ2n) is 7.62. The van der Waals surface area contributed by atoms with E-state index >= 15 is 0 Å². The molecule has 28 heavy (non-hydrogen) atoms. The van der Waals surface area contributed by atoms with Crippen LogP contribution >= 0.6 is 0 Å². The van der Waals surface area contributed by atoms with Crippen LogP contribution in [-0.2, 0) is 11.3 Å². The second kappa shape index (κ2) is 8.44. The Morgan fingerprint density at radius 2 is 1.68 bits per heavy atom. The molecular weight excluding hydrogens is 346 g/mol. The Labute approximate surface area is 166 Å². The lowest BCUT2D eigenvalue weighted by atomic mass is 10.1. The summed E-state index contributed by atoms with van der Waals surface area (Å²) in [4.78, 5) is 16.9. The number of hydrogen-bond acceptors (Lipinski definition) is 3. The second-order valence-corrected chi connectivity index (χ2v) is 7.62. The van der Waals surface area contributed by atoms with Gasteiger partial charge in [0, 0.05) is 25.0 Å². The summed E-state index contributed by atoms with van der Waals surface area (Å²) in [5, 5.41) is 5.39. The summed E-state index contributed by atoms with van der Waals surface area (Å²) in [5.41, 5.74) is 3.19. The summed E-state index contributed by atoms with van der Waals surface area (Å²) >= 11 is 0. The quantitative estimate of drug-likeness (QED) is 0.690. The van der Waals surface area contributed by atoms with Crippen molar-refractivity contribution in [2.45, 2.75) is 19.4 Å². The van der Waals surface area contributed by atoms with E-state index in [1.165, 1.54) is 42.3 Å². The van der Waals surface area contributed by atoms with Gasteiger partial charge in [-0.05, 0) is 66.5 Å². The molecule has 1 aliphatic heterocycles. The zero-order chi connectivity index (χ0) is 19.3. The Morgan fingerprint density at radius 3 is 2.43 bits per heavy atom. The average Bonchev–Trinajstić information content (AvgIpc) is 3.22. The summed E-state index contributed by atoms with van der Waals surface area (Å²) < 4.78 is 0. The SMILES string of the molecule is CN(CC(=O)Nc1ccc(CN2CCCC2)cc1)c1ccc2ccccc2c1. The van der Waals surface area contributed by atoms with Crippen molar-refractivity contribution >= 4 is 28.1 Å². The normalized spacial score (nSPS) is 14.3. The van der Waals surface area contributed by atoms with Gasteiger partial charge in [0.1, 0.15) is 0 Å². The number of likely N-dealkylation sites (N-methyl/N-ethyl adjacent to an activating group) is 1. The van der Waals surface area contributed by atoms with Crippen molar-refractivity contribution in [1.29, 1.82) is 0 Å². The lowest BCUT2D eigenvalue weighted by Gasteiger charge is -2.19. The molecule has 0 spiro atoms. The number of benzene rings is 3. The fourth-order valence-corrected chi connectivity index (χ4v) is 3.81. The van der Waals surface area contributed by atoms with Crippen LogP contribution in [0, 0.1) is 0 Å². The Hall–Kier alpha value is -2.85. The maximum atomic E-state index is 12.5. The zero-order valence-corrected chi connectivity index (χ0v) is 16.4. The maximum absolute atomic E-state index is 12.5. The van der Waals surface area contributed by atoms with E-state index in [1.807, 2.05) is 36.2 Å². The minimum atomic E-state index is -0.0112. The number of amides is 1. The van der Waals surface area contributed by atoms with Crippen LogP contribution in [0.15, 0.2) is 66.7 Å². The van der Waals surface area contributed by atoms with Gasteiger partial charge in [-0.3, -0.25) is 9.69 Å². The highest BCUT2D eigenvalue weighted by Crippen LogP contribution is 2.21. The molecule has 144 valence electrons. The minimum Gasteiger partial charge on any atom is -0.365 e. The largest absolute Gasteiger partial charge is 0.365 e. The molecule has 4 nitrogen and oxygen atoms in total. The van der Waals surface area contributed by atoms with E-state index in [0.29, 0.717) is 6.54 Å². The van der Waals surface area contributed by atoms with Gasteiger partial charge in [-0.1, -0.05) is 42.5 Å². The summed E-state index contributed by atoms with van der Waals surface area (Å²) in [6, 6.07) is 22.8. The number of fused-ring (bicyclic) bond motifs is 1.